The van der Waals surface area contributed by atoms with E-state index >= 15 is 0 Å². The number of hydrogen-bond acceptors (Lipinski definition) is 5. The molecule has 7 nitrogen and oxygen atoms in total. The van der Waals surface area contributed by atoms with Gasteiger partial charge < -0.3 is 24.8 Å². The monoisotopic (exact) mass is 460 g/mol. The largest absolute Gasteiger partial charge is 0.497 e. The summed E-state index contributed by atoms with van der Waals surface area (Å²) in [6.45, 7) is 0. The molecule has 2 N–H and O–H groups in total. The van der Waals surface area contributed by atoms with Crippen LogP contribution in [0, 0.1) is 0 Å². The number of ether oxygens (including phenoxy) is 3. The van der Waals surface area contributed by atoms with Crippen LogP contribution in [-0.4, -0.2) is 36.2 Å². The van der Waals surface area contributed by atoms with Gasteiger partial charge in [0, 0.05) is 23.1 Å². The zero-order valence-corrected chi connectivity index (χ0v) is 19.3. The van der Waals surface area contributed by atoms with Gasteiger partial charge in [-0.3, -0.25) is 0 Å². The molecule has 0 amide bonds. The van der Waals surface area contributed by atoms with Gasteiger partial charge in [-0.1, -0.05) is 0 Å². The lowest BCUT2D eigenvalue weighted by atomic mass is 10.1. The Kier molecular flexibility index (Phi) is 6.75. The molecule has 0 saturated heterocycles. The molecule has 0 unspecified atom stereocenters. The van der Waals surface area contributed by atoms with Crippen molar-refractivity contribution in [3.05, 3.63) is 79.0 Å². The topological polar surface area (TPSA) is 69.6 Å². The Labute approximate surface area is 197 Å². The van der Waals surface area contributed by atoms with E-state index in [0.717, 1.165) is 34.1 Å². The van der Waals surface area contributed by atoms with Gasteiger partial charge in [0.2, 0.25) is 0 Å². The van der Waals surface area contributed by atoms with Crippen LogP contribution in [0.4, 0.5) is 11.4 Å². The van der Waals surface area contributed by atoms with E-state index in [4.69, 9.17) is 31.5 Å². The van der Waals surface area contributed by atoms with E-state index in [0.29, 0.717) is 16.6 Å². The molecule has 4 aromatic rings. The minimum absolute atomic E-state index is 0.503. The molecule has 0 saturated carbocycles. The normalized spacial score (nSPS) is 10.4. The average molecular weight is 461 g/mol. The number of rotatable bonds is 7. The third kappa shape index (κ3) is 5.24. The van der Waals surface area contributed by atoms with Crippen LogP contribution in [0.5, 0.6) is 17.2 Å². The number of anilines is 2. The summed E-state index contributed by atoms with van der Waals surface area (Å²) < 4.78 is 17.7. The standard InChI is InChI=1S/C25H24N4O3S/c1-30-21-11-7-19(8-12-21)27-25(33)26-18-5-9-20(10-6-18)29-15-14-22(28-29)17-4-13-23(31-2)24(16-17)32-3/h4-16H,1-3H3,(H2,26,27,33). The molecule has 1 aromatic heterocycles. The van der Waals surface area contributed by atoms with Gasteiger partial charge in [0.05, 0.1) is 32.7 Å². The highest BCUT2D eigenvalue weighted by atomic mass is 32.1. The van der Waals surface area contributed by atoms with Crippen LogP contribution < -0.4 is 24.8 Å². The average Bonchev–Trinajstić information content (AvgIpc) is 3.35. The lowest BCUT2D eigenvalue weighted by Gasteiger charge is -2.11. The predicted octanol–water partition coefficient (Wildman–Crippen LogP) is 5.37. The van der Waals surface area contributed by atoms with Crippen molar-refractivity contribution in [3.63, 3.8) is 0 Å². The van der Waals surface area contributed by atoms with Crippen molar-refractivity contribution in [1.82, 2.24) is 9.78 Å². The first-order valence-electron chi connectivity index (χ1n) is 10.2. The van der Waals surface area contributed by atoms with Gasteiger partial charge in [0.15, 0.2) is 16.6 Å². The van der Waals surface area contributed by atoms with Gasteiger partial charge in [-0.05, 0) is 85.0 Å². The summed E-state index contributed by atoms with van der Waals surface area (Å²) >= 11 is 5.41. The molecule has 0 spiro atoms. The van der Waals surface area contributed by atoms with E-state index in [2.05, 4.69) is 10.6 Å². The number of thiocarbonyl (C=S) groups is 1. The SMILES string of the molecule is COc1ccc(NC(=S)Nc2ccc(-n3ccc(-c4ccc(OC)c(OC)c4)n3)cc2)cc1. The molecule has 0 aliphatic heterocycles. The van der Waals surface area contributed by atoms with Crippen LogP contribution in [-0.2, 0) is 0 Å². The van der Waals surface area contributed by atoms with Crippen molar-refractivity contribution in [2.24, 2.45) is 0 Å². The minimum Gasteiger partial charge on any atom is -0.497 e. The highest BCUT2D eigenvalue weighted by Crippen LogP contribution is 2.31. The van der Waals surface area contributed by atoms with Crippen LogP contribution in [0.25, 0.3) is 16.9 Å². The summed E-state index contributed by atoms with van der Waals surface area (Å²) in [4.78, 5) is 0. The van der Waals surface area contributed by atoms with Crippen molar-refractivity contribution in [1.29, 1.82) is 0 Å². The first-order valence-corrected chi connectivity index (χ1v) is 10.6. The first-order chi connectivity index (χ1) is 16.1. The van der Waals surface area contributed by atoms with Crippen LogP contribution in [0.1, 0.15) is 0 Å². The second-order valence-corrected chi connectivity index (χ2v) is 7.48. The molecule has 0 aliphatic rings. The van der Waals surface area contributed by atoms with Crippen molar-refractivity contribution >= 4 is 28.7 Å². The van der Waals surface area contributed by atoms with Crippen LogP contribution in [0.3, 0.4) is 0 Å². The Bertz CT molecular complexity index is 1240. The second kappa shape index (κ2) is 10.1. The molecule has 8 heteroatoms. The number of nitrogens with one attached hydrogen (secondary N) is 2. The summed E-state index contributed by atoms with van der Waals surface area (Å²) in [5.41, 5.74) is 4.46. The summed E-state index contributed by atoms with van der Waals surface area (Å²) in [6, 6.07) is 23.1. The number of hydrogen-bond donors (Lipinski definition) is 2. The summed E-state index contributed by atoms with van der Waals surface area (Å²) in [5, 5.41) is 11.5. The number of benzene rings is 3. The van der Waals surface area contributed by atoms with E-state index in [1.54, 1.807) is 21.3 Å². The van der Waals surface area contributed by atoms with Gasteiger partial charge in [0.1, 0.15) is 5.75 Å². The number of methoxy groups -OCH3 is 3. The van der Waals surface area contributed by atoms with Crippen LogP contribution in [0.2, 0.25) is 0 Å². The maximum Gasteiger partial charge on any atom is 0.175 e. The molecule has 33 heavy (non-hydrogen) atoms. The first kappa shape index (κ1) is 22.2. The van der Waals surface area contributed by atoms with Crippen molar-refractivity contribution in [2.45, 2.75) is 0 Å². The maximum absolute atomic E-state index is 5.41. The van der Waals surface area contributed by atoms with Crippen LogP contribution in [0.15, 0.2) is 79.0 Å². The summed E-state index contributed by atoms with van der Waals surface area (Å²) in [6.07, 6.45) is 1.92. The predicted molar refractivity (Wildman–Crippen MR) is 135 cm³/mol. The Morgan fingerprint density at radius 3 is 2.00 bits per heavy atom. The van der Waals surface area contributed by atoms with Gasteiger partial charge in [-0.15, -0.1) is 0 Å². The Morgan fingerprint density at radius 1 is 0.758 bits per heavy atom. The highest BCUT2D eigenvalue weighted by molar-refractivity contribution is 7.80. The third-order valence-corrected chi connectivity index (χ3v) is 5.21. The fourth-order valence-corrected chi connectivity index (χ4v) is 3.52. The molecule has 1 heterocycles. The van der Waals surface area contributed by atoms with E-state index in [-0.39, 0.29) is 0 Å². The molecule has 3 aromatic carbocycles. The Morgan fingerprint density at radius 2 is 1.39 bits per heavy atom. The second-order valence-electron chi connectivity index (χ2n) is 7.07. The molecule has 168 valence electrons. The fourth-order valence-electron chi connectivity index (χ4n) is 3.28. The molecule has 4 rings (SSSR count). The van der Waals surface area contributed by atoms with Gasteiger partial charge in [0.25, 0.3) is 0 Å². The van der Waals surface area contributed by atoms with Crippen molar-refractivity contribution < 1.29 is 14.2 Å². The molecule has 0 fully saturated rings. The molecule has 0 radical (unpaired) electrons. The van der Waals surface area contributed by atoms with Gasteiger partial charge >= 0.3 is 0 Å². The van der Waals surface area contributed by atoms with E-state index in [9.17, 15) is 0 Å². The van der Waals surface area contributed by atoms with E-state index in [1.165, 1.54) is 0 Å². The zero-order chi connectivity index (χ0) is 23.2. The van der Waals surface area contributed by atoms with E-state index in [1.807, 2.05) is 83.7 Å². The van der Waals surface area contributed by atoms with Crippen molar-refractivity contribution in [2.75, 3.05) is 32.0 Å². The summed E-state index contributed by atoms with van der Waals surface area (Å²) in [5.74, 6) is 2.14. The Balaban J connectivity index is 1.42. The minimum atomic E-state index is 0.503. The molecule has 0 aliphatic carbocycles. The van der Waals surface area contributed by atoms with Crippen LogP contribution >= 0.6 is 12.2 Å². The quantitative estimate of drug-likeness (QED) is 0.359. The zero-order valence-electron chi connectivity index (χ0n) is 18.5. The van der Waals surface area contributed by atoms with E-state index < -0.39 is 0 Å². The highest BCUT2D eigenvalue weighted by Gasteiger charge is 2.09. The third-order valence-electron chi connectivity index (χ3n) is 5.01. The number of nitrogens with zero attached hydrogens (tertiary/aromatic N) is 2. The Hall–Kier alpha value is -4.04. The molecular weight excluding hydrogens is 436 g/mol. The maximum atomic E-state index is 5.41. The molecule has 0 atom stereocenters. The van der Waals surface area contributed by atoms with Gasteiger partial charge in [-0.2, -0.15) is 5.10 Å². The smallest absolute Gasteiger partial charge is 0.175 e. The van der Waals surface area contributed by atoms with Crippen molar-refractivity contribution in [3.8, 4) is 34.2 Å². The fraction of sp³-hybridized carbons (Fsp3) is 0.120. The number of aromatic nitrogens is 2. The van der Waals surface area contributed by atoms with Gasteiger partial charge in [-0.25, -0.2) is 4.68 Å². The molecule has 0 bridgehead atoms. The summed E-state index contributed by atoms with van der Waals surface area (Å²) in [7, 11) is 4.87. The lowest BCUT2D eigenvalue weighted by Crippen LogP contribution is -2.18. The lowest BCUT2D eigenvalue weighted by molar-refractivity contribution is 0.355. The molecular formula is C25H24N4O3S.